The van der Waals surface area contributed by atoms with Gasteiger partial charge in [0.2, 0.25) is 0 Å². The molecule has 1 saturated heterocycles. The van der Waals surface area contributed by atoms with Gasteiger partial charge in [-0.25, -0.2) is 0 Å². The largest absolute Gasteiger partial charge is 0.507 e. The highest BCUT2D eigenvalue weighted by atomic mass is 16.3. The second-order valence-electron chi connectivity index (χ2n) is 18.4. The molecule has 0 aromatic heterocycles. The zero-order valence-electron chi connectivity index (χ0n) is 34.8. The van der Waals surface area contributed by atoms with Crippen LogP contribution in [0, 0.1) is 20.8 Å². The Balaban J connectivity index is 1.77. The highest BCUT2D eigenvalue weighted by Gasteiger charge is 2.31. The average molecular weight is 700 g/mol. The van der Waals surface area contributed by atoms with Crippen molar-refractivity contribution in [1.82, 2.24) is 14.7 Å². The summed E-state index contributed by atoms with van der Waals surface area (Å²) in [5, 5.41) is 34.6. The molecule has 0 amide bonds. The molecule has 0 unspecified atom stereocenters. The zero-order chi connectivity index (χ0) is 38.4. The number of aromatic hydroxyl groups is 3. The fraction of sp³-hybridized carbons (Fsp3) is 0.600. The molecule has 1 fully saturated rings. The van der Waals surface area contributed by atoms with Crippen LogP contribution in [0.4, 0.5) is 0 Å². The maximum absolute atomic E-state index is 11.5. The van der Waals surface area contributed by atoms with E-state index < -0.39 is 0 Å². The van der Waals surface area contributed by atoms with Gasteiger partial charge >= 0.3 is 0 Å². The van der Waals surface area contributed by atoms with E-state index in [1.165, 1.54) is 16.7 Å². The number of phenols is 3. The van der Waals surface area contributed by atoms with Gasteiger partial charge < -0.3 is 15.3 Å². The molecule has 1 heterocycles. The van der Waals surface area contributed by atoms with Gasteiger partial charge in [-0.1, -0.05) is 101 Å². The molecule has 0 bridgehead atoms. The maximum atomic E-state index is 11.5. The summed E-state index contributed by atoms with van der Waals surface area (Å²) < 4.78 is 0. The third kappa shape index (κ3) is 8.61. The monoisotopic (exact) mass is 700 g/mol. The molecule has 51 heavy (non-hydrogen) atoms. The Labute approximate surface area is 310 Å². The smallest absolute Gasteiger partial charge is 0.122 e. The number of phenolic OH excluding ortho intramolecular Hbond substituents is 3. The summed E-state index contributed by atoms with van der Waals surface area (Å²) in [7, 11) is 0. The van der Waals surface area contributed by atoms with Crippen LogP contribution in [0.15, 0.2) is 18.2 Å². The lowest BCUT2D eigenvalue weighted by atomic mass is 9.80. The molecule has 1 aliphatic heterocycles. The minimum Gasteiger partial charge on any atom is -0.507 e. The zero-order valence-corrected chi connectivity index (χ0v) is 34.8. The van der Waals surface area contributed by atoms with Crippen molar-refractivity contribution in [3.63, 3.8) is 0 Å². The molecule has 3 N–H and O–H groups in total. The highest BCUT2D eigenvalue weighted by Crippen LogP contribution is 2.41. The molecule has 1 aliphatic rings. The van der Waals surface area contributed by atoms with Crippen LogP contribution in [-0.4, -0.2) is 50.0 Å². The van der Waals surface area contributed by atoms with Gasteiger partial charge in [-0.05, 0) is 106 Å². The lowest BCUT2D eigenvalue weighted by Gasteiger charge is -2.43. The fourth-order valence-electron chi connectivity index (χ4n) is 8.49. The second-order valence-corrected chi connectivity index (χ2v) is 18.4. The third-order valence-corrected chi connectivity index (χ3v) is 11.0. The van der Waals surface area contributed by atoms with E-state index in [-0.39, 0.29) is 16.2 Å². The first-order chi connectivity index (χ1) is 23.5. The Kier molecular flexibility index (Phi) is 12.1. The van der Waals surface area contributed by atoms with Crippen LogP contribution in [0.1, 0.15) is 150 Å². The van der Waals surface area contributed by atoms with E-state index in [9.17, 15) is 15.3 Å². The summed E-state index contributed by atoms with van der Waals surface area (Å²) in [6, 6.07) is 6.96. The van der Waals surface area contributed by atoms with E-state index in [1.54, 1.807) is 0 Å². The van der Waals surface area contributed by atoms with E-state index in [0.29, 0.717) is 36.9 Å². The first-order valence-electron chi connectivity index (χ1n) is 19.2. The summed E-state index contributed by atoms with van der Waals surface area (Å²) in [4.78, 5) is 7.42. The third-order valence-electron chi connectivity index (χ3n) is 11.0. The van der Waals surface area contributed by atoms with E-state index >= 15 is 0 Å². The number of nitrogens with zero attached hydrogens (tertiary/aromatic N) is 3. The lowest BCUT2D eigenvalue weighted by Crippen LogP contribution is -2.53. The topological polar surface area (TPSA) is 70.4 Å². The van der Waals surface area contributed by atoms with Gasteiger partial charge in [-0.2, -0.15) is 0 Å². The Bertz CT molecular complexity index is 1530. The SMILES string of the molecule is CCc1cc(CN2CN(Cc3cc(CC)c(C(C)(C)C)c(O)c3C)CN(Cc3cc(CC)c(C(C)(C)C)c(O)c3C)C2)c(C)c(O)c1C(C)(C)C. The van der Waals surface area contributed by atoms with E-state index in [2.05, 4.69) is 137 Å². The van der Waals surface area contributed by atoms with Crippen LogP contribution >= 0.6 is 0 Å². The number of hydrogen-bond donors (Lipinski definition) is 3. The first kappa shape index (κ1) is 40.7. The maximum Gasteiger partial charge on any atom is 0.122 e. The normalized spacial score (nSPS) is 15.6. The molecular formula is C45H69N3O3. The van der Waals surface area contributed by atoms with Crippen LogP contribution in [-0.2, 0) is 55.1 Å². The Hall–Kier alpha value is -3.06. The summed E-state index contributed by atoms with van der Waals surface area (Å²) in [6.07, 6.45) is 2.60. The Morgan fingerprint density at radius 2 is 0.647 bits per heavy atom. The molecular weight excluding hydrogens is 631 g/mol. The number of rotatable bonds is 9. The average Bonchev–Trinajstić information content (AvgIpc) is 3.01. The standard InChI is InChI=1S/C45H69N3O3/c1-16-31-19-34(28(4)40(49)37(31)43(7,8)9)22-46-25-47(23-35-20-32(17-2)38(44(10,11)12)41(50)29(35)5)27-48(26-46)24-36-21-33(18-3)39(45(13,14)15)42(51)30(36)6/h19-21,49-51H,16-18,22-27H2,1-15H3. The van der Waals surface area contributed by atoms with E-state index in [0.717, 1.165) is 89.3 Å². The van der Waals surface area contributed by atoms with Crippen molar-refractivity contribution in [2.45, 2.75) is 159 Å². The second kappa shape index (κ2) is 15.1. The molecule has 3 aromatic rings. The van der Waals surface area contributed by atoms with Gasteiger partial charge in [0.05, 0.1) is 20.0 Å². The number of benzene rings is 3. The number of aryl methyl sites for hydroxylation is 3. The summed E-state index contributed by atoms with van der Waals surface area (Å²) in [5.74, 6) is 1.28. The molecule has 282 valence electrons. The molecule has 6 heteroatoms. The van der Waals surface area contributed by atoms with Crippen LogP contribution in [0.2, 0.25) is 0 Å². The minimum absolute atomic E-state index is 0.149. The van der Waals surface area contributed by atoms with Crippen molar-refractivity contribution >= 4 is 0 Å². The van der Waals surface area contributed by atoms with Crippen molar-refractivity contribution in [1.29, 1.82) is 0 Å². The van der Waals surface area contributed by atoms with Gasteiger partial charge in [0.15, 0.2) is 0 Å². The summed E-state index contributed by atoms with van der Waals surface area (Å²) in [5.41, 5.74) is 12.7. The molecule has 0 atom stereocenters. The van der Waals surface area contributed by atoms with Gasteiger partial charge in [-0.3, -0.25) is 14.7 Å². The van der Waals surface area contributed by atoms with Crippen molar-refractivity contribution < 1.29 is 15.3 Å². The summed E-state index contributed by atoms with van der Waals surface area (Å²) >= 11 is 0. The van der Waals surface area contributed by atoms with Crippen molar-refractivity contribution in [3.05, 3.63) is 85.0 Å². The molecule has 0 aliphatic carbocycles. The van der Waals surface area contributed by atoms with Crippen LogP contribution < -0.4 is 0 Å². The van der Waals surface area contributed by atoms with Crippen LogP contribution in [0.5, 0.6) is 17.2 Å². The highest BCUT2D eigenvalue weighted by molar-refractivity contribution is 5.55. The predicted molar refractivity (Wildman–Crippen MR) is 214 cm³/mol. The molecule has 3 aromatic carbocycles. The molecule has 6 nitrogen and oxygen atoms in total. The molecule has 0 spiro atoms. The minimum atomic E-state index is -0.149. The quantitative estimate of drug-likeness (QED) is 0.207. The van der Waals surface area contributed by atoms with Gasteiger partial charge in [0, 0.05) is 36.3 Å². The molecule has 0 radical (unpaired) electrons. The Morgan fingerprint density at radius 1 is 0.431 bits per heavy atom. The van der Waals surface area contributed by atoms with Gasteiger partial charge in [0.1, 0.15) is 17.2 Å². The van der Waals surface area contributed by atoms with Crippen molar-refractivity contribution in [2.24, 2.45) is 0 Å². The molecule has 0 saturated carbocycles. The number of hydrogen-bond acceptors (Lipinski definition) is 6. The fourth-order valence-corrected chi connectivity index (χ4v) is 8.49. The predicted octanol–water partition coefficient (Wildman–Crippen LogP) is 10.0. The van der Waals surface area contributed by atoms with Gasteiger partial charge in [0.25, 0.3) is 0 Å². The summed E-state index contributed by atoms with van der Waals surface area (Å²) in [6.45, 7) is 36.7. The van der Waals surface area contributed by atoms with Gasteiger partial charge in [-0.15, -0.1) is 0 Å². The van der Waals surface area contributed by atoms with E-state index in [4.69, 9.17) is 0 Å². The lowest BCUT2D eigenvalue weighted by molar-refractivity contribution is -0.0425. The van der Waals surface area contributed by atoms with Crippen LogP contribution in [0.25, 0.3) is 0 Å². The van der Waals surface area contributed by atoms with Crippen molar-refractivity contribution in [3.8, 4) is 17.2 Å². The first-order valence-corrected chi connectivity index (χ1v) is 19.2. The van der Waals surface area contributed by atoms with Crippen molar-refractivity contribution in [2.75, 3.05) is 20.0 Å². The van der Waals surface area contributed by atoms with Crippen LogP contribution in [0.3, 0.4) is 0 Å². The Morgan fingerprint density at radius 3 is 0.824 bits per heavy atom. The molecule has 4 rings (SSSR count). The van der Waals surface area contributed by atoms with E-state index in [1.807, 2.05) is 0 Å².